The van der Waals surface area contributed by atoms with Crippen molar-refractivity contribution in [1.82, 2.24) is 0 Å². The molecule has 0 aliphatic heterocycles. The summed E-state index contributed by atoms with van der Waals surface area (Å²) < 4.78 is 5.33. The van der Waals surface area contributed by atoms with Gasteiger partial charge in [-0.15, -0.1) is 22.7 Å². The highest BCUT2D eigenvalue weighted by atomic mass is 32.1. The van der Waals surface area contributed by atoms with E-state index in [-0.39, 0.29) is 0 Å². The van der Waals surface area contributed by atoms with Crippen molar-refractivity contribution in [3.8, 4) is 33.4 Å². The molecule has 2 heterocycles. The summed E-state index contributed by atoms with van der Waals surface area (Å²) in [5.41, 5.74) is 10.7. The topological polar surface area (TPSA) is 3.24 Å². The van der Waals surface area contributed by atoms with Crippen LogP contribution in [0.3, 0.4) is 0 Å². The molecule has 0 atom stereocenters. The Bertz CT molecular complexity index is 3170. The number of benzene rings is 9. The molecule has 0 N–H and O–H groups in total. The Morgan fingerprint density at radius 3 is 1.53 bits per heavy atom. The molecule has 2 aromatic heterocycles. The molecule has 0 radical (unpaired) electrons. The van der Waals surface area contributed by atoms with E-state index >= 15 is 0 Å². The minimum absolute atomic E-state index is 1.11. The van der Waals surface area contributed by atoms with Gasteiger partial charge in [-0.1, -0.05) is 127 Å². The number of nitrogens with zero attached hydrogens (tertiary/aromatic N) is 1. The van der Waals surface area contributed by atoms with Gasteiger partial charge in [0, 0.05) is 57.4 Å². The minimum Gasteiger partial charge on any atom is -0.311 e. The lowest BCUT2D eigenvalue weighted by atomic mass is 9.98. The number of rotatable bonds is 6. The van der Waals surface area contributed by atoms with Gasteiger partial charge in [0.05, 0.1) is 0 Å². The van der Waals surface area contributed by atoms with E-state index in [4.69, 9.17) is 0 Å². The van der Waals surface area contributed by atoms with E-state index in [1.165, 1.54) is 84.5 Å². The molecule has 55 heavy (non-hydrogen) atoms. The maximum atomic E-state index is 2.37. The Hall–Kier alpha value is -6.52. The molecule has 0 fully saturated rings. The molecule has 9 aromatic carbocycles. The average Bonchev–Trinajstić information content (AvgIpc) is 3.82. The van der Waals surface area contributed by atoms with Gasteiger partial charge in [-0.25, -0.2) is 0 Å². The van der Waals surface area contributed by atoms with Crippen LogP contribution in [0.2, 0.25) is 0 Å². The lowest BCUT2D eigenvalue weighted by Gasteiger charge is -2.26. The van der Waals surface area contributed by atoms with Crippen molar-refractivity contribution < 1.29 is 0 Å². The van der Waals surface area contributed by atoms with Gasteiger partial charge in [0.25, 0.3) is 0 Å². The maximum absolute atomic E-state index is 2.37. The second-order valence-electron chi connectivity index (χ2n) is 14.1. The van der Waals surface area contributed by atoms with Crippen molar-refractivity contribution in [3.05, 3.63) is 200 Å². The zero-order valence-electron chi connectivity index (χ0n) is 29.8. The first-order chi connectivity index (χ1) is 27.2. The smallest absolute Gasteiger partial charge is 0.0462 e. The van der Waals surface area contributed by atoms with Gasteiger partial charge in [0.1, 0.15) is 0 Å². The summed E-state index contributed by atoms with van der Waals surface area (Å²) in [6.07, 6.45) is 0. The minimum atomic E-state index is 1.11. The lowest BCUT2D eigenvalue weighted by molar-refractivity contribution is 1.28. The van der Waals surface area contributed by atoms with Gasteiger partial charge in [-0.2, -0.15) is 0 Å². The van der Waals surface area contributed by atoms with Crippen LogP contribution in [-0.4, -0.2) is 0 Å². The first-order valence-electron chi connectivity index (χ1n) is 18.7. The van der Waals surface area contributed by atoms with Crippen LogP contribution in [0.1, 0.15) is 0 Å². The number of fused-ring (bicyclic) bond motifs is 7. The molecule has 0 unspecified atom stereocenters. The summed E-state index contributed by atoms with van der Waals surface area (Å²) >= 11 is 3.74. The fourth-order valence-corrected chi connectivity index (χ4v) is 10.4. The van der Waals surface area contributed by atoms with Crippen molar-refractivity contribution in [1.29, 1.82) is 0 Å². The van der Waals surface area contributed by atoms with Gasteiger partial charge >= 0.3 is 0 Å². The van der Waals surface area contributed by atoms with Gasteiger partial charge in [-0.05, 0) is 117 Å². The van der Waals surface area contributed by atoms with E-state index in [9.17, 15) is 0 Å². The van der Waals surface area contributed by atoms with Crippen LogP contribution in [0.25, 0.3) is 84.5 Å². The summed E-state index contributed by atoms with van der Waals surface area (Å²) in [5.74, 6) is 0. The third-order valence-electron chi connectivity index (χ3n) is 10.9. The fraction of sp³-hybridized carbons (Fsp3) is 0. The van der Waals surface area contributed by atoms with Crippen molar-refractivity contribution >= 4 is 90.9 Å². The molecule has 0 bridgehead atoms. The predicted octanol–water partition coefficient (Wildman–Crippen LogP) is 16.0. The molecular formula is C52H33NS2. The van der Waals surface area contributed by atoms with E-state index in [1.807, 2.05) is 22.7 Å². The Morgan fingerprint density at radius 2 is 0.818 bits per heavy atom. The van der Waals surface area contributed by atoms with Crippen LogP contribution >= 0.6 is 22.7 Å². The molecule has 0 saturated carbocycles. The Morgan fingerprint density at radius 1 is 0.291 bits per heavy atom. The SMILES string of the molecule is c1ccc(-c2ccc(N(c3ccc(-c4ccc5cc6sc7ccccc7c6cc5c4)cc3)c3ccc(-c4cccc5sc6ccccc6c45)cc3)cc2)cc1. The van der Waals surface area contributed by atoms with E-state index in [0.29, 0.717) is 0 Å². The first kappa shape index (κ1) is 32.0. The van der Waals surface area contributed by atoms with Gasteiger partial charge in [-0.3, -0.25) is 0 Å². The quantitative estimate of drug-likeness (QED) is 0.164. The van der Waals surface area contributed by atoms with Gasteiger partial charge < -0.3 is 4.90 Å². The molecule has 0 saturated heterocycles. The molecule has 0 amide bonds. The van der Waals surface area contributed by atoms with Crippen LogP contribution in [0.4, 0.5) is 17.1 Å². The average molecular weight is 736 g/mol. The Kier molecular flexibility index (Phi) is 7.61. The Balaban J connectivity index is 0.978. The zero-order valence-corrected chi connectivity index (χ0v) is 31.4. The fourth-order valence-electron chi connectivity index (χ4n) is 8.14. The largest absolute Gasteiger partial charge is 0.311 e. The number of hydrogen-bond donors (Lipinski definition) is 0. The molecule has 1 nitrogen and oxygen atoms in total. The molecule has 11 rings (SSSR count). The second-order valence-corrected chi connectivity index (χ2v) is 16.3. The third-order valence-corrected chi connectivity index (χ3v) is 13.1. The number of hydrogen-bond acceptors (Lipinski definition) is 3. The predicted molar refractivity (Wildman–Crippen MR) is 241 cm³/mol. The van der Waals surface area contributed by atoms with Crippen LogP contribution in [0.15, 0.2) is 200 Å². The van der Waals surface area contributed by atoms with E-state index in [2.05, 4.69) is 205 Å². The van der Waals surface area contributed by atoms with E-state index < -0.39 is 0 Å². The summed E-state index contributed by atoms with van der Waals surface area (Å²) in [5, 5.41) is 7.87. The second kappa shape index (κ2) is 13.1. The summed E-state index contributed by atoms with van der Waals surface area (Å²) in [6.45, 7) is 0. The molecule has 11 aromatic rings. The molecule has 0 aliphatic carbocycles. The highest BCUT2D eigenvalue weighted by Gasteiger charge is 2.16. The van der Waals surface area contributed by atoms with Crippen LogP contribution in [0.5, 0.6) is 0 Å². The zero-order chi connectivity index (χ0) is 36.3. The summed E-state index contributed by atoms with van der Waals surface area (Å²) in [7, 11) is 0. The maximum Gasteiger partial charge on any atom is 0.0462 e. The van der Waals surface area contributed by atoms with Crippen molar-refractivity contribution in [2.45, 2.75) is 0 Å². The molecular weight excluding hydrogens is 703 g/mol. The first-order valence-corrected chi connectivity index (χ1v) is 20.3. The highest BCUT2D eigenvalue weighted by Crippen LogP contribution is 2.43. The molecule has 0 aliphatic rings. The number of thiophene rings is 2. The van der Waals surface area contributed by atoms with Crippen LogP contribution in [0, 0.1) is 0 Å². The van der Waals surface area contributed by atoms with Gasteiger partial charge in [0.2, 0.25) is 0 Å². The standard InChI is InChI=1S/C52H33NS2/c1-2-9-34(10-3-1)35-19-25-41(26-20-35)53(43-29-23-37(24-30-43)44-13-8-16-50-52(44)46-12-5-7-15-49(46)54-50)42-27-21-36(22-28-42)38-17-18-39-33-51-47(32-40(39)31-38)45-11-4-6-14-48(45)55-51/h1-33H. The van der Waals surface area contributed by atoms with E-state index in [1.54, 1.807) is 0 Å². The van der Waals surface area contributed by atoms with Crippen LogP contribution < -0.4 is 4.90 Å². The summed E-state index contributed by atoms with van der Waals surface area (Å²) in [4.78, 5) is 2.36. The number of anilines is 3. The van der Waals surface area contributed by atoms with Crippen LogP contribution in [-0.2, 0) is 0 Å². The highest BCUT2D eigenvalue weighted by molar-refractivity contribution is 7.26. The monoisotopic (exact) mass is 735 g/mol. The summed E-state index contributed by atoms with van der Waals surface area (Å²) in [6, 6.07) is 73.4. The van der Waals surface area contributed by atoms with Crippen molar-refractivity contribution in [3.63, 3.8) is 0 Å². The molecule has 258 valence electrons. The Labute approximate surface area is 327 Å². The molecule has 3 heteroatoms. The lowest BCUT2D eigenvalue weighted by Crippen LogP contribution is -2.09. The normalized spacial score (nSPS) is 11.6. The van der Waals surface area contributed by atoms with Gasteiger partial charge in [0.15, 0.2) is 0 Å². The van der Waals surface area contributed by atoms with Crippen molar-refractivity contribution in [2.24, 2.45) is 0 Å². The third kappa shape index (κ3) is 5.60. The molecule has 0 spiro atoms. The van der Waals surface area contributed by atoms with Crippen molar-refractivity contribution in [2.75, 3.05) is 4.90 Å². The van der Waals surface area contributed by atoms with E-state index in [0.717, 1.165) is 17.1 Å².